The number of rotatable bonds is 6. The van der Waals surface area contributed by atoms with Gasteiger partial charge in [-0.15, -0.1) is 4.74 Å². The summed E-state index contributed by atoms with van der Waals surface area (Å²) in [5.41, 5.74) is 1.03. The molecule has 1 N–H and O–H groups in total. The number of hydrogen-bond donors (Lipinski definition) is 1. The van der Waals surface area contributed by atoms with Crippen LogP contribution in [0.2, 0.25) is 0 Å². The van der Waals surface area contributed by atoms with Gasteiger partial charge in [0.15, 0.2) is 6.61 Å². The van der Waals surface area contributed by atoms with E-state index in [2.05, 4.69) is 10.1 Å². The Morgan fingerprint density at radius 3 is 2.52 bits per heavy atom. The Bertz CT molecular complexity index is 1140. The highest BCUT2D eigenvalue weighted by atomic mass is 16.5. The molecule has 0 aliphatic carbocycles. The largest absolute Gasteiger partial charge is 0.485 e. The van der Waals surface area contributed by atoms with Gasteiger partial charge in [-0.3, -0.25) is 0 Å². The average molecular weight is 366 g/mol. The molecule has 2 aromatic heterocycles. The molecule has 0 saturated heterocycles. The normalized spacial score (nSPS) is 10.8. The van der Waals surface area contributed by atoms with Crippen LogP contribution in [0.5, 0.6) is 5.75 Å². The highest BCUT2D eigenvalue weighted by molar-refractivity contribution is 5.51. The Morgan fingerprint density at radius 2 is 1.81 bits per heavy atom. The third-order valence-electron chi connectivity index (χ3n) is 3.73. The second kappa shape index (κ2) is 7.16. The first-order valence-corrected chi connectivity index (χ1v) is 8.07. The molecule has 0 spiro atoms. The molecule has 0 unspecified atom stereocenters. The molecule has 0 saturated carbocycles. The molecule has 0 radical (unpaired) electrons. The van der Waals surface area contributed by atoms with Gasteiger partial charge in [0.2, 0.25) is 5.82 Å². The minimum Gasteiger partial charge on any atom is -0.485 e. The fourth-order valence-electron chi connectivity index (χ4n) is 2.43. The molecular formula is C18H14N4O5. The van der Waals surface area contributed by atoms with Crippen molar-refractivity contribution in [1.82, 2.24) is 19.9 Å². The molecule has 27 heavy (non-hydrogen) atoms. The van der Waals surface area contributed by atoms with Crippen molar-refractivity contribution in [3.05, 3.63) is 87.0 Å². The average Bonchev–Trinajstić information content (AvgIpc) is 3.28. The van der Waals surface area contributed by atoms with Gasteiger partial charge in [-0.2, -0.15) is 4.98 Å². The summed E-state index contributed by atoms with van der Waals surface area (Å²) in [6.07, 6.45) is 0. The van der Waals surface area contributed by atoms with Crippen LogP contribution in [-0.2, 0) is 13.2 Å². The zero-order chi connectivity index (χ0) is 18.6. The van der Waals surface area contributed by atoms with Gasteiger partial charge < -0.3 is 13.8 Å². The van der Waals surface area contributed by atoms with Crippen molar-refractivity contribution in [3.8, 4) is 17.2 Å². The SMILES string of the molecule is O=c1[nH]c(=O)n(Cc2ccc(OCc3noc(-c4ccccc4)n3)cc2)o1. The Morgan fingerprint density at radius 1 is 1.04 bits per heavy atom. The second-order valence-corrected chi connectivity index (χ2v) is 5.66. The maximum Gasteiger partial charge on any atom is 0.440 e. The van der Waals surface area contributed by atoms with E-state index in [0.717, 1.165) is 15.9 Å². The lowest BCUT2D eigenvalue weighted by Crippen LogP contribution is -2.17. The molecular weight excluding hydrogens is 352 g/mol. The number of nitrogens with one attached hydrogen (secondary N) is 1. The van der Waals surface area contributed by atoms with Crippen LogP contribution in [0, 0.1) is 0 Å². The molecule has 9 heteroatoms. The fraction of sp³-hybridized carbons (Fsp3) is 0.111. The van der Waals surface area contributed by atoms with Crippen molar-refractivity contribution < 1.29 is 13.8 Å². The van der Waals surface area contributed by atoms with E-state index < -0.39 is 11.4 Å². The zero-order valence-corrected chi connectivity index (χ0v) is 14.0. The molecule has 4 aromatic rings. The van der Waals surface area contributed by atoms with E-state index in [1.807, 2.05) is 35.3 Å². The van der Waals surface area contributed by atoms with Gasteiger partial charge >= 0.3 is 11.4 Å². The Kier molecular flexibility index (Phi) is 4.40. The Balaban J connectivity index is 1.38. The predicted molar refractivity (Wildman–Crippen MR) is 93.2 cm³/mol. The lowest BCUT2D eigenvalue weighted by molar-refractivity contribution is 0.258. The second-order valence-electron chi connectivity index (χ2n) is 5.66. The number of aromatic nitrogens is 4. The standard InChI is InChI=1S/C18H14N4O5/c23-17-20-18(24)27-22(17)10-12-6-8-14(9-7-12)25-11-15-19-16(26-21-15)13-4-2-1-3-5-13/h1-9H,10-11H2,(H,20,23,24). The molecule has 0 amide bonds. The van der Waals surface area contributed by atoms with Crippen molar-refractivity contribution in [2.75, 3.05) is 0 Å². The number of aromatic amines is 1. The highest BCUT2D eigenvalue weighted by Gasteiger charge is 2.09. The van der Waals surface area contributed by atoms with Gasteiger partial charge in [0.05, 0.1) is 6.54 Å². The molecule has 9 nitrogen and oxygen atoms in total. The highest BCUT2D eigenvalue weighted by Crippen LogP contribution is 2.18. The summed E-state index contributed by atoms with van der Waals surface area (Å²) in [6.45, 7) is 0.297. The maximum absolute atomic E-state index is 11.4. The summed E-state index contributed by atoms with van der Waals surface area (Å²) in [4.78, 5) is 28.8. The van der Waals surface area contributed by atoms with Crippen LogP contribution in [0.3, 0.4) is 0 Å². The fourth-order valence-corrected chi connectivity index (χ4v) is 2.43. The summed E-state index contributed by atoms with van der Waals surface area (Å²) in [5, 5.41) is 3.90. The summed E-state index contributed by atoms with van der Waals surface area (Å²) in [5.74, 6) is 0.684. The van der Waals surface area contributed by atoms with Gasteiger partial charge in [0.25, 0.3) is 5.89 Å². The van der Waals surface area contributed by atoms with E-state index >= 15 is 0 Å². The molecule has 2 aromatic carbocycles. The summed E-state index contributed by atoms with van der Waals surface area (Å²) in [7, 11) is 0. The molecule has 0 aliphatic heterocycles. The first-order valence-electron chi connectivity index (χ1n) is 8.07. The van der Waals surface area contributed by atoms with Crippen molar-refractivity contribution in [2.45, 2.75) is 13.2 Å². The van der Waals surface area contributed by atoms with Gasteiger partial charge in [0, 0.05) is 5.56 Å². The first kappa shape index (κ1) is 16.6. The van der Waals surface area contributed by atoms with Gasteiger partial charge in [-0.25, -0.2) is 14.6 Å². The van der Waals surface area contributed by atoms with E-state index in [0.29, 0.717) is 17.5 Å². The van der Waals surface area contributed by atoms with Crippen molar-refractivity contribution in [2.24, 2.45) is 0 Å². The van der Waals surface area contributed by atoms with Crippen LogP contribution in [0.1, 0.15) is 11.4 Å². The van der Waals surface area contributed by atoms with Crippen molar-refractivity contribution >= 4 is 0 Å². The topological polar surface area (TPSA) is 116 Å². The molecule has 4 rings (SSSR count). The summed E-state index contributed by atoms with van der Waals surface area (Å²) >= 11 is 0. The third-order valence-corrected chi connectivity index (χ3v) is 3.73. The van der Waals surface area contributed by atoms with Gasteiger partial charge in [0.1, 0.15) is 5.75 Å². The lowest BCUT2D eigenvalue weighted by Gasteiger charge is -2.04. The molecule has 136 valence electrons. The molecule has 0 atom stereocenters. The van der Waals surface area contributed by atoms with Gasteiger partial charge in [-0.1, -0.05) is 35.5 Å². The first-order chi connectivity index (χ1) is 13.2. The van der Waals surface area contributed by atoms with E-state index in [1.54, 1.807) is 24.3 Å². The summed E-state index contributed by atoms with van der Waals surface area (Å²) < 4.78 is 16.5. The molecule has 2 heterocycles. The molecule has 0 bridgehead atoms. The quantitative estimate of drug-likeness (QED) is 0.553. The monoisotopic (exact) mass is 366 g/mol. The maximum atomic E-state index is 11.4. The smallest absolute Gasteiger partial charge is 0.440 e. The van der Waals surface area contributed by atoms with Crippen LogP contribution in [-0.4, -0.2) is 19.9 Å². The van der Waals surface area contributed by atoms with E-state index in [1.165, 1.54) is 0 Å². The van der Waals surface area contributed by atoms with Crippen LogP contribution in [0.4, 0.5) is 0 Å². The summed E-state index contributed by atoms with van der Waals surface area (Å²) in [6, 6.07) is 16.5. The van der Waals surface area contributed by atoms with Crippen LogP contribution < -0.4 is 16.2 Å². The molecule has 0 aliphatic rings. The van der Waals surface area contributed by atoms with Gasteiger partial charge in [-0.05, 0) is 29.8 Å². The van der Waals surface area contributed by atoms with E-state index in [4.69, 9.17) is 13.8 Å². The van der Waals surface area contributed by atoms with Crippen molar-refractivity contribution in [1.29, 1.82) is 0 Å². The minimum absolute atomic E-state index is 0.142. The van der Waals surface area contributed by atoms with Crippen LogP contribution in [0.25, 0.3) is 11.5 Å². The van der Waals surface area contributed by atoms with Crippen LogP contribution in [0.15, 0.2) is 73.2 Å². The number of ether oxygens (including phenoxy) is 1. The Labute approximate surface area is 151 Å². The zero-order valence-electron chi connectivity index (χ0n) is 14.0. The van der Waals surface area contributed by atoms with E-state index in [-0.39, 0.29) is 13.2 Å². The Hall–Kier alpha value is -3.88. The number of H-pyrrole nitrogens is 1. The number of nitrogens with zero attached hydrogens (tertiary/aromatic N) is 3. The third kappa shape index (κ3) is 3.87. The predicted octanol–water partition coefficient (Wildman–Crippen LogP) is 1.81. The molecule has 0 fully saturated rings. The van der Waals surface area contributed by atoms with Crippen molar-refractivity contribution in [3.63, 3.8) is 0 Å². The number of hydrogen-bond acceptors (Lipinski definition) is 7. The van der Waals surface area contributed by atoms with Crippen LogP contribution >= 0.6 is 0 Å². The number of benzene rings is 2. The minimum atomic E-state index is -0.782. The lowest BCUT2D eigenvalue weighted by atomic mass is 10.2. The van der Waals surface area contributed by atoms with E-state index in [9.17, 15) is 9.59 Å².